The monoisotopic (exact) mass is 444 g/mol. The third-order valence-electron chi connectivity index (χ3n) is 6.11. The second kappa shape index (κ2) is 8.62. The van der Waals surface area contributed by atoms with E-state index in [9.17, 15) is 4.21 Å². The number of fused-ring (bicyclic) bond motifs is 1. The van der Waals surface area contributed by atoms with Gasteiger partial charge in [0, 0.05) is 59.7 Å². The van der Waals surface area contributed by atoms with Gasteiger partial charge in [-0.05, 0) is 67.8 Å². The van der Waals surface area contributed by atoms with E-state index in [1.807, 2.05) is 30.3 Å². The molecule has 5 rings (SSSR count). The van der Waals surface area contributed by atoms with Crippen molar-refractivity contribution < 1.29 is 4.21 Å². The van der Waals surface area contributed by atoms with E-state index < -0.39 is 11.0 Å². The molecule has 2 aromatic carbocycles. The molecule has 2 aromatic heterocycles. The molecule has 0 spiro atoms. The summed E-state index contributed by atoms with van der Waals surface area (Å²) in [5.41, 5.74) is 8.89. The van der Waals surface area contributed by atoms with E-state index in [2.05, 4.69) is 64.7 Å². The van der Waals surface area contributed by atoms with E-state index in [-0.39, 0.29) is 0 Å². The van der Waals surface area contributed by atoms with Crippen LogP contribution >= 0.6 is 0 Å². The van der Waals surface area contributed by atoms with Crippen LogP contribution in [0.2, 0.25) is 0 Å². The zero-order valence-corrected chi connectivity index (χ0v) is 19.6. The number of nitrogens with one attached hydrogen (secondary N) is 2. The molecule has 0 aliphatic carbocycles. The Labute approximate surface area is 191 Å². The van der Waals surface area contributed by atoms with E-state index in [0.29, 0.717) is 0 Å². The molecule has 1 fully saturated rings. The fraction of sp³-hybridized carbons (Fsp3) is 0.269. The topological polar surface area (TPSA) is 61.0 Å². The zero-order valence-electron chi connectivity index (χ0n) is 18.7. The number of aromatic nitrogens is 2. The fourth-order valence-electron chi connectivity index (χ4n) is 4.53. The summed E-state index contributed by atoms with van der Waals surface area (Å²) in [6, 6.07) is 18.9. The van der Waals surface area contributed by atoms with Crippen LogP contribution in [0.1, 0.15) is 17.0 Å². The van der Waals surface area contributed by atoms with Gasteiger partial charge in [-0.1, -0.05) is 24.3 Å². The van der Waals surface area contributed by atoms with Crippen molar-refractivity contribution in [3.8, 4) is 22.4 Å². The van der Waals surface area contributed by atoms with Crippen LogP contribution in [0.15, 0.2) is 59.5 Å². The Morgan fingerprint density at radius 3 is 2.34 bits per heavy atom. The summed E-state index contributed by atoms with van der Waals surface area (Å²) in [4.78, 5) is 9.00. The van der Waals surface area contributed by atoms with Gasteiger partial charge in [0.05, 0.1) is 4.90 Å². The largest absolute Gasteiger partial charge is 0.354 e. The lowest BCUT2D eigenvalue weighted by atomic mass is 10.0. The van der Waals surface area contributed by atoms with E-state index >= 15 is 0 Å². The molecule has 1 unspecified atom stereocenters. The highest BCUT2D eigenvalue weighted by Gasteiger charge is 2.18. The number of H-pyrrole nitrogens is 1. The van der Waals surface area contributed by atoms with Crippen molar-refractivity contribution in [2.75, 3.05) is 26.2 Å². The van der Waals surface area contributed by atoms with Crippen molar-refractivity contribution in [1.82, 2.24) is 19.6 Å². The molecule has 3 heterocycles. The number of benzene rings is 2. The Balaban J connectivity index is 1.51. The van der Waals surface area contributed by atoms with Crippen molar-refractivity contribution in [3.63, 3.8) is 0 Å². The van der Waals surface area contributed by atoms with Crippen molar-refractivity contribution >= 4 is 21.9 Å². The molecular formula is C26H28N4OS. The quantitative estimate of drug-likeness (QED) is 0.478. The summed E-state index contributed by atoms with van der Waals surface area (Å²) in [5.74, 6) is 0. The molecule has 4 aromatic rings. The number of pyridine rings is 1. The molecule has 0 radical (unpaired) electrons. The van der Waals surface area contributed by atoms with Gasteiger partial charge in [-0.2, -0.15) is 0 Å². The third kappa shape index (κ3) is 4.01. The molecule has 0 amide bonds. The highest BCUT2D eigenvalue weighted by atomic mass is 32.2. The molecule has 164 valence electrons. The first-order chi connectivity index (χ1) is 15.5. The minimum atomic E-state index is -1.13. The Morgan fingerprint density at radius 1 is 0.875 bits per heavy atom. The highest BCUT2D eigenvalue weighted by molar-refractivity contribution is 7.82. The molecule has 6 heteroatoms. The van der Waals surface area contributed by atoms with Crippen LogP contribution < -0.4 is 5.32 Å². The number of aryl methyl sites for hydroxylation is 3. The van der Waals surface area contributed by atoms with Gasteiger partial charge in [-0.3, -0.25) is 4.98 Å². The molecule has 1 aliphatic heterocycles. The zero-order chi connectivity index (χ0) is 22.2. The van der Waals surface area contributed by atoms with Crippen molar-refractivity contribution in [2.45, 2.75) is 25.7 Å². The van der Waals surface area contributed by atoms with Crippen LogP contribution in [0.5, 0.6) is 0 Å². The Hall–Kier alpha value is -2.80. The van der Waals surface area contributed by atoms with Gasteiger partial charge in [0.2, 0.25) is 0 Å². The molecule has 0 bridgehead atoms. The Bertz CT molecular complexity index is 1300. The smallest absolute Gasteiger partial charge is 0.127 e. The first kappa shape index (κ1) is 21.1. The van der Waals surface area contributed by atoms with Gasteiger partial charge in [0.1, 0.15) is 11.0 Å². The first-order valence-corrected chi connectivity index (χ1v) is 12.2. The summed E-state index contributed by atoms with van der Waals surface area (Å²) < 4.78 is 15.1. The Kier molecular flexibility index (Phi) is 5.67. The normalized spacial score (nSPS) is 15.8. The predicted molar refractivity (Wildman–Crippen MR) is 132 cm³/mol. The van der Waals surface area contributed by atoms with Gasteiger partial charge >= 0.3 is 0 Å². The minimum absolute atomic E-state index is 0.807. The van der Waals surface area contributed by atoms with Gasteiger partial charge in [-0.15, -0.1) is 0 Å². The number of aromatic amines is 1. The van der Waals surface area contributed by atoms with Crippen LogP contribution in [-0.4, -0.2) is 44.7 Å². The van der Waals surface area contributed by atoms with E-state index in [1.54, 1.807) is 0 Å². The van der Waals surface area contributed by atoms with Crippen LogP contribution in [0, 0.1) is 20.8 Å². The first-order valence-electron chi connectivity index (χ1n) is 11.1. The number of hydrogen-bond donors (Lipinski definition) is 2. The van der Waals surface area contributed by atoms with Crippen molar-refractivity contribution in [1.29, 1.82) is 0 Å². The second-order valence-electron chi connectivity index (χ2n) is 8.48. The fourth-order valence-corrected chi connectivity index (χ4v) is 5.76. The lowest BCUT2D eigenvalue weighted by molar-refractivity contribution is 0.380. The molecule has 32 heavy (non-hydrogen) atoms. The molecule has 1 saturated heterocycles. The molecule has 1 atom stereocenters. The SMILES string of the molecule is Cc1cc(-c2[nH]c3cc(-c4cccc(S(=O)N5CCNCC5)c4)ccc3c2C)cc(C)n1. The van der Waals surface area contributed by atoms with E-state index in [1.165, 1.54) is 16.5 Å². The summed E-state index contributed by atoms with van der Waals surface area (Å²) >= 11 is 0. The van der Waals surface area contributed by atoms with Crippen molar-refractivity contribution in [3.05, 3.63) is 71.5 Å². The van der Waals surface area contributed by atoms with Crippen LogP contribution in [0.4, 0.5) is 0 Å². The van der Waals surface area contributed by atoms with Gasteiger partial charge in [-0.25, -0.2) is 8.51 Å². The molecule has 1 aliphatic rings. The average Bonchev–Trinajstić information content (AvgIpc) is 3.14. The van der Waals surface area contributed by atoms with Crippen LogP contribution in [0.25, 0.3) is 33.3 Å². The van der Waals surface area contributed by atoms with Gasteiger partial charge in [0.15, 0.2) is 0 Å². The van der Waals surface area contributed by atoms with E-state index in [0.717, 1.165) is 64.8 Å². The Morgan fingerprint density at radius 2 is 1.59 bits per heavy atom. The number of hydrogen-bond acceptors (Lipinski definition) is 3. The summed E-state index contributed by atoms with van der Waals surface area (Å²) in [6.45, 7) is 9.60. The van der Waals surface area contributed by atoms with Gasteiger partial charge in [0.25, 0.3) is 0 Å². The lowest BCUT2D eigenvalue weighted by Gasteiger charge is -2.26. The number of rotatable bonds is 4. The number of nitrogens with zero attached hydrogens (tertiary/aromatic N) is 2. The summed E-state index contributed by atoms with van der Waals surface area (Å²) in [6.07, 6.45) is 0. The predicted octanol–water partition coefficient (Wildman–Crippen LogP) is 4.75. The standard InChI is InChI=1S/C26H28N4OS/c1-17-13-22(14-18(2)28-17)26-19(3)24-8-7-21(16-25(24)29-26)20-5-4-6-23(15-20)32(31)30-11-9-27-10-12-30/h4-8,13-16,27,29H,9-12H2,1-3H3. The van der Waals surface area contributed by atoms with Crippen molar-refractivity contribution in [2.24, 2.45) is 0 Å². The molecule has 5 nitrogen and oxygen atoms in total. The number of piperazine rings is 1. The average molecular weight is 445 g/mol. The highest BCUT2D eigenvalue weighted by Crippen LogP contribution is 2.33. The van der Waals surface area contributed by atoms with E-state index in [4.69, 9.17) is 0 Å². The molecular weight excluding hydrogens is 416 g/mol. The summed E-state index contributed by atoms with van der Waals surface area (Å²) in [5, 5.41) is 4.54. The van der Waals surface area contributed by atoms with Crippen LogP contribution in [-0.2, 0) is 11.0 Å². The minimum Gasteiger partial charge on any atom is -0.354 e. The van der Waals surface area contributed by atoms with Crippen LogP contribution in [0.3, 0.4) is 0 Å². The molecule has 0 saturated carbocycles. The maximum atomic E-state index is 13.1. The maximum Gasteiger partial charge on any atom is 0.127 e. The molecule has 2 N–H and O–H groups in total. The lowest BCUT2D eigenvalue weighted by Crippen LogP contribution is -2.44. The third-order valence-corrected chi connectivity index (χ3v) is 7.60. The maximum absolute atomic E-state index is 13.1. The summed E-state index contributed by atoms with van der Waals surface area (Å²) in [7, 11) is -1.13. The second-order valence-corrected chi connectivity index (χ2v) is 9.97. The van der Waals surface area contributed by atoms with Gasteiger partial charge < -0.3 is 10.3 Å².